The van der Waals surface area contributed by atoms with E-state index in [4.69, 9.17) is 0 Å². The second-order valence-corrected chi connectivity index (χ2v) is 8.79. The van der Waals surface area contributed by atoms with Crippen LogP contribution in [0.15, 0.2) is 0 Å². The molecule has 3 rings (SSSR count). The van der Waals surface area contributed by atoms with Gasteiger partial charge in [-0.2, -0.15) is 5.26 Å². The summed E-state index contributed by atoms with van der Waals surface area (Å²) in [6, 6.07) is 3.25. The summed E-state index contributed by atoms with van der Waals surface area (Å²) in [7, 11) is 0. The highest BCUT2D eigenvalue weighted by Crippen LogP contribution is 2.40. The Morgan fingerprint density at radius 3 is 2.68 bits per heavy atom. The molecule has 5 heteroatoms. The molecule has 3 atom stereocenters. The van der Waals surface area contributed by atoms with Crippen molar-refractivity contribution in [2.75, 3.05) is 11.9 Å². The maximum Gasteiger partial charge on any atom is 0.239 e. The number of fused-ring (bicyclic) bond motifs is 1. The monoisotopic (exact) mass is 359 g/mol. The molecule has 4 nitrogen and oxygen atoms in total. The third-order valence-electron chi connectivity index (χ3n) is 6.01. The van der Waals surface area contributed by atoms with Crippen LogP contribution in [0, 0.1) is 17.2 Å². The molecular formula is C20H29N3OS. The lowest BCUT2D eigenvalue weighted by Gasteiger charge is -2.38. The summed E-state index contributed by atoms with van der Waals surface area (Å²) in [4.78, 5) is 16.2. The van der Waals surface area contributed by atoms with Crippen LogP contribution in [0.3, 0.4) is 0 Å². The zero-order valence-corrected chi connectivity index (χ0v) is 16.4. The first kappa shape index (κ1) is 18.4. The van der Waals surface area contributed by atoms with Gasteiger partial charge in [-0.05, 0) is 57.4 Å². The number of likely N-dealkylation sites (tertiary alicyclic amines) is 1. The van der Waals surface area contributed by atoms with Gasteiger partial charge in [0.2, 0.25) is 5.91 Å². The van der Waals surface area contributed by atoms with E-state index in [9.17, 15) is 10.1 Å². The molecule has 1 saturated heterocycles. The van der Waals surface area contributed by atoms with Crippen molar-refractivity contribution in [3.05, 3.63) is 16.0 Å². The average molecular weight is 360 g/mol. The van der Waals surface area contributed by atoms with Crippen molar-refractivity contribution in [3.8, 4) is 6.07 Å². The number of piperidine rings is 1. The van der Waals surface area contributed by atoms with Gasteiger partial charge in [0.05, 0.1) is 12.1 Å². The summed E-state index contributed by atoms with van der Waals surface area (Å²) in [5, 5.41) is 13.4. The second-order valence-electron chi connectivity index (χ2n) is 7.69. The van der Waals surface area contributed by atoms with E-state index >= 15 is 0 Å². The third kappa shape index (κ3) is 3.91. The lowest BCUT2D eigenvalue weighted by molar-refractivity contribution is -0.118. The number of amides is 1. The lowest BCUT2D eigenvalue weighted by atomic mass is 9.86. The Kier molecular flexibility index (Phi) is 5.81. The Labute approximate surface area is 155 Å². The van der Waals surface area contributed by atoms with E-state index in [2.05, 4.69) is 37.1 Å². The molecule has 1 aromatic heterocycles. The minimum atomic E-state index is 0.0164. The standard InChI is InChI=1S/C20H29N3OS/c1-4-15-8-9-16-17(11-21)20(25-18(16)10-15)22-19(24)12-23-13(2)6-5-7-14(23)3/h13-15H,4-10,12H2,1-3H3,(H,22,24). The molecule has 1 fully saturated rings. The maximum absolute atomic E-state index is 12.6. The largest absolute Gasteiger partial charge is 0.315 e. The van der Waals surface area contributed by atoms with Crippen LogP contribution < -0.4 is 5.32 Å². The molecule has 1 aliphatic carbocycles. The van der Waals surface area contributed by atoms with Crippen molar-refractivity contribution in [2.24, 2.45) is 5.92 Å². The lowest BCUT2D eigenvalue weighted by Crippen LogP contribution is -2.47. The molecule has 1 aliphatic heterocycles. The van der Waals surface area contributed by atoms with Gasteiger partial charge in [0.1, 0.15) is 11.1 Å². The number of carbonyl (C=O) groups excluding carboxylic acids is 1. The first-order valence-electron chi connectivity index (χ1n) is 9.63. The fourth-order valence-electron chi connectivity index (χ4n) is 4.33. The summed E-state index contributed by atoms with van der Waals surface area (Å²) in [5.41, 5.74) is 1.90. The summed E-state index contributed by atoms with van der Waals surface area (Å²) < 4.78 is 0. The molecule has 0 saturated carbocycles. The highest BCUT2D eigenvalue weighted by Gasteiger charge is 2.28. The van der Waals surface area contributed by atoms with Gasteiger partial charge < -0.3 is 5.32 Å². The van der Waals surface area contributed by atoms with Crippen LogP contribution in [0.4, 0.5) is 5.00 Å². The van der Waals surface area contributed by atoms with Gasteiger partial charge in [-0.3, -0.25) is 9.69 Å². The molecular weight excluding hydrogens is 330 g/mol. The second kappa shape index (κ2) is 7.88. The summed E-state index contributed by atoms with van der Waals surface area (Å²) in [6.07, 6.45) is 7.94. The van der Waals surface area contributed by atoms with Gasteiger partial charge in [0.15, 0.2) is 0 Å². The van der Waals surface area contributed by atoms with E-state index in [-0.39, 0.29) is 5.91 Å². The van der Waals surface area contributed by atoms with E-state index in [0.29, 0.717) is 24.2 Å². The van der Waals surface area contributed by atoms with Gasteiger partial charge in [0, 0.05) is 17.0 Å². The number of anilines is 1. The molecule has 2 heterocycles. The van der Waals surface area contributed by atoms with Gasteiger partial charge in [-0.1, -0.05) is 19.8 Å². The van der Waals surface area contributed by atoms with Crippen molar-refractivity contribution in [1.29, 1.82) is 5.26 Å². The molecule has 0 aromatic carbocycles. The number of rotatable bonds is 4. The zero-order valence-electron chi connectivity index (χ0n) is 15.6. The van der Waals surface area contributed by atoms with E-state index in [0.717, 1.165) is 43.0 Å². The number of nitrogens with zero attached hydrogens (tertiary/aromatic N) is 2. The summed E-state index contributed by atoms with van der Waals surface area (Å²) in [5.74, 6) is 0.735. The zero-order chi connectivity index (χ0) is 18.0. The highest BCUT2D eigenvalue weighted by molar-refractivity contribution is 7.16. The van der Waals surface area contributed by atoms with Gasteiger partial charge in [-0.15, -0.1) is 11.3 Å². The Bertz CT molecular complexity index is 665. The fraction of sp³-hybridized carbons (Fsp3) is 0.700. The number of carbonyl (C=O) groups is 1. The van der Waals surface area contributed by atoms with E-state index < -0.39 is 0 Å². The quantitative estimate of drug-likeness (QED) is 0.870. The molecule has 0 spiro atoms. The van der Waals surface area contributed by atoms with Crippen LogP contribution in [-0.2, 0) is 17.6 Å². The summed E-state index contributed by atoms with van der Waals surface area (Å²) >= 11 is 1.62. The van der Waals surface area contributed by atoms with Gasteiger partial charge in [0.25, 0.3) is 0 Å². The molecule has 25 heavy (non-hydrogen) atoms. The molecule has 0 radical (unpaired) electrons. The molecule has 1 aromatic rings. The van der Waals surface area contributed by atoms with Crippen LogP contribution in [0.1, 0.15) is 68.9 Å². The Hall–Kier alpha value is -1.38. The Morgan fingerprint density at radius 1 is 1.32 bits per heavy atom. The van der Waals surface area contributed by atoms with Gasteiger partial charge >= 0.3 is 0 Å². The molecule has 0 bridgehead atoms. The van der Waals surface area contributed by atoms with Crippen molar-refractivity contribution >= 4 is 22.2 Å². The molecule has 1 amide bonds. The van der Waals surface area contributed by atoms with Crippen LogP contribution in [0.5, 0.6) is 0 Å². The first-order chi connectivity index (χ1) is 12.0. The number of hydrogen-bond acceptors (Lipinski definition) is 4. The number of nitriles is 1. The SMILES string of the molecule is CCC1CCc2c(sc(NC(=O)CN3C(C)CCCC3C)c2C#N)C1. The predicted octanol–water partition coefficient (Wildman–Crippen LogP) is 4.34. The molecule has 136 valence electrons. The van der Waals surface area contributed by atoms with Crippen LogP contribution in [0.25, 0.3) is 0 Å². The number of thiophene rings is 1. The predicted molar refractivity (Wildman–Crippen MR) is 103 cm³/mol. The van der Waals surface area contributed by atoms with E-state index in [1.54, 1.807) is 11.3 Å². The normalized spacial score (nSPS) is 26.7. The fourth-order valence-corrected chi connectivity index (χ4v) is 5.66. The van der Waals surface area contributed by atoms with Crippen molar-refractivity contribution in [3.63, 3.8) is 0 Å². The van der Waals surface area contributed by atoms with E-state index in [1.807, 2.05) is 0 Å². The van der Waals surface area contributed by atoms with Crippen molar-refractivity contribution in [2.45, 2.75) is 77.8 Å². The number of nitrogens with one attached hydrogen (secondary N) is 1. The van der Waals surface area contributed by atoms with Crippen molar-refractivity contribution in [1.82, 2.24) is 4.90 Å². The van der Waals surface area contributed by atoms with Gasteiger partial charge in [-0.25, -0.2) is 0 Å². The van der Waals surface area contributed by atoms with Crippen LogP contribution in [-0.4, -0.2) is 29.4 Å². The molecule has 3 unspecified atom stereocenters. The molecule has 2 aliphatic rings. The van der Waals surface area contributed by atoms with E-state index in [1.165, 1.54) is 23.3 Å². The van der Waals surface area contributed by atoms with Crippen LogP contribution >= 0.6 is 11.3 Å². The van der Waals surface area contributed by atoms with Crippen LogP contribution in [0.2, 0.25) is 0 Å². The minimum absolute atomic E-state index is 0.0164. The highest BCUT2D eigenvalue weighted by atomic mass is 32.1. The minimum Gasteiger partial charge on any atom is -0.315 e. The molecule has 1 N–H and O–H groups in total. The Balaban J connectivity index is 1.71. The average Bonchev–Trinajstić information content (AvgIpc) is 2.94. The van der Waals surface area contributed by atoms with Crippen molar-refractivity contribution < 1.29 is 4.79 Å². The first-order valence-corrected chi connectivity index (χ1v) is 10.4. The topological polar surface area (TPSA) is 56.1 Å². The summed E-state index contributed by atoms with van der Waals surface area (Å²) in [6.45, 7) is 7.07. The third-order valence-corrected chi connectivity index (χ3v) is 7.18. The maximum atomic E-state index is 12.6. The Morgan fingerprint density at radius 2 is 2.04 bits per heavy atom. The smallest absolute Gasteiger partial charge is 0.239 e. The number of hydrogen-bond donors (Lipinski definition) is 1.